The van der Waals surface area contributed by atoms with E-state index in [4.69, 9.17) is 4.74 Å². The number of nitrogens with zero attached hydrogens (tertiary/aromatic N) is 5. The molecule has 4 heterocycles. The number of fused-ring (bicyclic) bond motifs is 2. The minimum absolute atomic E-state index is 0.116. The Morgan fingerprint density at radius 1 is 1.03 bits per heavy atom. The van der Waals surface area contributed by atoms with Crippen LogP contribution in [0.2, 0.25) is 0 Å². The van der Waals surface area contributed by atoms with Gasteiger partial charge in [0.1, 0.15) is 23.4 Å². The van der Waals surface area contributed by atoms with Crippen molar-refractivity contribution in [3.05, 3.63) is 76.4 Å². The summed E-state index contributed by atoms with van der Waals surface area (Å²) in [5.41, 5.74) is 4.41. The first-order chi connectivity index (χ1) is 17.5. The molecule has 1 aromatic heterocycles. The first-order valence-electron chi connectivity index (χ1n) is 12.4. The summed E-state index contributed by atoms with van der Waals surface area (Å²) in [6.45, 7) is 5.62. The van der Waals surface area contributed by atoms with Gasteiger partial charge in [-0.25, -0.2) is 4.98 Å². The van der Waals surface area contributed by atoms with Crippen LogP contribution < -0.4 is 4.74 Å². The van der Waals surface area contributed by atoms with Crippen LogP contribution in [-0.4, -0.2) is 44.9 Å². The van der Waals surface area contributed by atoms with Gasteiger partial charge in [0, 0.05) is 50.4 Å². The molecular weight excluding hydrogens is 450 g/mol. The van der Waals surface area contributed by atoms with Crippen LogP contribution in [0.5, 0.6) is 11.5 Å². The maximum Gasteiger partial charge on any atom is 0.237 e. The second-order valence-corrected chi connectivity index (χ2v) is 9.86. The van der Waals surface area contributed by atoms with Gasteiger partial charge >= 0.3 is 0 Å². The van der Waals surface area contributed by atoms with E-state index in [1.807, 2.05) is 54.4 Å². The van der Waals surface area contributed by atoms with Crippen molar-refractivity contribution in [2.24, 2.45) is 5.92 Å². The Balaban J connectivity index is 1.44. The van der Waals surface area contributed by atoms with Crippen LogP contribution in [-0.2, 0) is 24.4 Å². The zero-order valence-electron chi connectivity index (χ0n) is 20.3. The van der Waals surface area contributed by atoms with Crippen molar-refractivity contribution in [3.63, 3.8) is 0 Å². The number of amides is 1. The number of imidazole rings is 1. The Morgan fingerprint density at radius 2 is 1.92 bits per heavy atom. The molecule has 1 unspecified atom stereocenters. The van der Waals surface area contributed by atoms with Crippen molar-refractivity contribution >= 4 is 5.91 Å². The summed E-state index contributed by atoms with van der Waals surface area (Å²) in [5, 5.41) is 9.74. The lowest BCUT2D eigenvalue weighted by Gasteiger charge is -2.34. The maximum atomic E-state index is 13.1. The summed E-state index contributed by atoms with van der Waals surface area (Å²) in [6, 6.07) is 13.9. The number of piperazine rings is 1. The molecule has 2 fully saturated rings. The van der Waals surface area contributed by atoms with Crippen LogP contribution >= 0.6 is 0 Å². The molecule has 1 aliphatic carbocycles. The molecule has 4 aliphatic rings. The molecule has 0 N–H and O–H groups in total. The zero-order valence-corrected chi connectivity index (χ0v) is 20.3. The summed E-state index contributed by atoms with van der Waals surface area (Å²) >= 11 is 0. The first-order valence-corrected chi connectivity index (χ1v) is 12.4. The highest BCUT2D eigenvalue weighted by atomic mass is 16.5. The molecule has 2 aromatic carbocycles. The predicted molar refractivity (Wildman–Crippen MR) is 134 cm³/mol. The van der Waals surface area contributed by atoms with Gasteiger partial charge in [0.05, 0.1) is 17.8 Å². The molecular formula is C29H27N5O2. The topological polar surface area (TPSA) is 74.4 Å². The largest absolute Gasteiger partial charge is 0.456 e. The predicted octanol–water partition coefficient (Wildman–Crippen LogP) is 3.82. The molecule has 1 amide bonds. The van der Waals surface area contributed by atoms with E-state index in [0.29, 0.717) is 55.7 Å². The van der Waals surface area contributed by atoms with Gasteiger partial charge in [0.2, 0.25) is 5.91 Å². The van der Waals surface area contributed by atoms with E-state index in [9.17, 15) is 10.1 Å². The average Bonchev–Trinajstić information content (AvgIpc) is 3.64. The van der Waals surface area contributed by atoms with Crippen LogP contribution in [0.1, 0.15) is 46.6 Å². The maximum absolute atomic E-state index is 13.1. The Morgan fingerprint density at radius 3 is 2.72 bits per heavy atom. The molecule has 6 bridgehead atoms. The third kappa shape index (κ3) is 4.71. The summed E-state index contributed by atoms with van der Waals surface area (Å²) in [5.74, 6) is 9.27. The first kappa shape index (κ1) is 22.4. The molecule has 7 nitrogen and oxygen atoms in total. The third-order valence-corrected chi connectivity index (χ3v) is 6.99. The van der Waals surface area contributed by atoms with E-state index < -0.39 is 0 Å². The molecule has 36 heavy (non-hydrogen) atoms. The summed E-state index contributed by atoms with van der Waals surface area (Å²) in [4.78, 5) is 21.7. The average molecular weight is 478 g/mol. The van der Waals surface area contributed by atoms with Gasteiger partial charge in [-0.15, -0.1) is 0 Å². The van der Waals surface area contributed by atoms with Gasteiger partial charge < -0.3 is 14.2 Å². The smallest absolute Gasteiger partial charge is 0.237 e. The van der Waals surface area contributed by atoms with Gasteiger partial charge in [-0.3, -0.25) is 9.69 Å². The highest BCUT2D eigenvalue weighted by Crippen LogP contribution is 2.31. The number of hydrogen-bond donors (Lipinski definition) is 0. The van der Waals surface area contributed by atoms with E-state index >= 15 is 0 Å². The van der Waals surface area contributed by atoms with E-state index in [1.54, 1.807) is 0 Å². The van der Waals surface area contributed by atoms with Crippen molar-refractivity contribution in [1.29, 1.82) is 5.26 Å². The van der Waals surface area contributed by atoms with Gasteiger partial charge in [0.15, 0.2) is 0 Å². The number of benzene rings is 2. The fourth-order valence-electron chi connectivity index (χ4n) is 4.81. The molecule has 7 heteroatoms. The van der Waals surface area contributed by atoms with Crippen molar-refractivity contribution in [2.45, 2.75) is 39.4 Å². The van der Waals surface area contributed by atoms with Crippen LogP contribution in [0, 0.1) is 36.0 Å². The molecule has 7 rings (SSSR count). The standard InChI is InChI=1S/C29H27N5O2/c1-20-31-15-26-18-32-8-9-33(29(35)19-32)16-24-10-22(5-4-21-2-3-21)11-27(12-24)36-28-13-23(17-34(20)26)6-7-25(28)14-30/h6-7,10-13,15,21H,2-3,8-9,16-19H2,1H3. The summed E-state index contributed by atoms with van der Waals surface area (Å²) in [7, 11) is 0. The van der Waals surface area contributed by atoms with Crippen LogP contribution in [0.15, 0.2) is 42.6 Å². The van der Waals surface area contributed by atoms with Crippen LogP contribution in [0.25, 0.3) is 0 Å². The second-order valence-electron chi connectivity index (χ2n) is 9.86. The summed E-state index contributed by atoms with van der Waals surface area (Å²) < 4.78 is 8.49. The van der Waals surface area contributed by atoms with E-state index in [1.165, 1.54) is 0 Å². The lowest BCUT2D eigenvalue weighted by molar-refractivity contribution is -0.136. The minimum atomic E-state index is 0.116. The zero-order chi connectivity index (χ0) is 24.6. The van der Waals surface area contributed by atoms with Gasteiger partial charge in [-0.1, -0.05) is 17.9 Å². The molecule has 1 saturated carbocycles. The monoisotopic (exact) mass is 477 g/mol. The molecule has 0 radical (unpaired) electrons. The molecule has 1 saturated heterocycles. The third-order valence-electron chi connectivity index (χ3n) is 6.99. The molecule has 0 spiro atoms. The Bertz CT molecular complexity index is 1450. The number of carbonyl (C=O) groups is 1. The Labute approximate surface area is 210 Å². The number of nitriles is 1. The highest BCUT2D eigenvalue weighted by molar-refractivity contribution is 5.79. The van der Waals surface area contributed by atoms with Crippen molar-refractivity contribution in [3.8, 4) is 29.4 Å². The highest BCUT2D eigenvalue weighted by Gasteiger charge is 2.26. The molecule has 180 valence electrons. The number of rotatable bonds is 0. The summed E-state index contributed by atoms with van der Waals surface area (Å²) in [6.07, 6.45) is 4.21. The number of aryl methyl sites for hydroxylation is 1. The number of aromatic nitrogens is 2. The number of hydrogen-bond acceptors (Lipinski definition) is 5. The lowest BCUT2D eigenvalue weighted by atomic mass is 10.1. The van der Waals surface area contributed by atoms with E-state index in [-0.39, 0.29) is 5.91 Å². The van der Waals surface area contributed by atoms with Gasteiger partial charge in [0.25, 0.3) is 0 Å². The van der Waals surface area contributed by atoms with E-state index in [0.717, 1.165) is 47.6 Å². The SMILES string of the molecule is Cc1ncc2n1Cc1ccc(C#N)c(c1)Oc1cc(C#CC3CC3)cc(c1)CN1CCN(CC1=O)C2. The van der Waals surface area contributed by atoms with Crippen molar-refractivity contribution in [2.75, 3.05) is 19.6 Å². The van der Waals surface area contributed by atoms with Crippen LogP contribution in [0.4, 0.5) is 0 Å². The normalized spacial score (nSPS) is 19.1. The molecule has 1 atom stereocenters. The van der Waals surface area contributed by atoms with Crippen molar-refractivity contribution < 1.29 is 9.53 Å². The van der Waals surface area contributed by atoms with E-state index in [2.05, 4.69) is 32.4 Å². The minimum Gasteiger partial charge on any atom is -0.456 e. The fourth-order valence-corrected chi connectivity index (χ4v) is 4.81. The van der Waals surface area contributed by atoms with Gasteiger partial charge in [-0.2, -0.15) is 5.26 Å². The van der Waals surface area contributed by atoms with Gasteiger partial charge in [-0.05, 0) is 61.2 Å². The number of ether oxygens (including phenoxy) is 1. The van der Waals surface area contributed by atoms with Crippen LogP contribution in [0.3, 0.4) is 0 Å². The fraction of sp³-hybridized carbons (Fsp3) is 0.345. The molecule has 3 aliphatic heterocycles. The Kier molecular flexibility index (Phi) is 5.71. The Hall–Kier alpha value is -4.07. The quantitative estimate of drug-likeness (QED) is 0.460. The lowest BCUT2D eigenvalue weighted by Crippen LogP contribution is -2.49. The second kappa shape index (κ2) is 9.18. The molecule has 3 aromatic rings. The number of carbonyl (C=O) groups excluding carboxylic acids is 1. The van der Waals surface area contributed by atoms with Crippen molar-refractivity contribution in [1.82, 2.24) is 19.4 Å².